The average Bonchev–Trinajstić information content (AvgIpc) is 2.15. The van der Waals surface area contributed by atoms with Crippen LogP contribution in [0.4, 0.5) is 13.2 Å². The molecule has 0 saturated carbocycles. The molecule has 0 aromatic heterocycles. The van der Waals surface area contributed by atoms with E-state index < -0.39 is 11.7 Å². The third-order valence-electron chi connectivity index (χ3n) is 2.46. The van der Waals surface area contributed by atoms with Crippen molar-refractivity contribution in [1.82, 2.24) is 0 Å². The van der Waals surface area contributed by atoms with Crippen molar-refractivity contribution in [2.75, 3.05) is 0 Å². The van der Waals surface area contributed by atoms with Crippen molar-refractivity contribution in [2.24, 2.45) is 0 Å². The summed E-state index contributed by atoms with van der Waals surface area (Å²) in [6, 6.07) is 5.33. The number of benzene rings is 1. The Hall–Kier alpha value is -1.25. The molecule has 0 radical (unpaired) electrons. The number of alkyl halides is 3. The fourth-order valence-corrected chi connectivity index (χ4v) is 1.64. The van der Waals surface area contributed by atoms with Crippen LogP contribution < -0.4 is 0 Å². The van der Waals surface area contributed by atoms with Gasteiger partial charge in [0.1, 0.15) is 0 Å². The van der Waals surface area contributed by atoms with E-state index in [1.807, 2.05) is 13.8 Å². The molecule has 0 amide bonds. The minimum Gasteiger partial charge on any atom is -0.166 e. The number of rotatable bonds is 3. The van der Waals surface area contributed by atoms with Crippen molar-refractivity contribution in [3.8, 4) is 0 Å². The summed E-state index contributed by atoms with van der Waals surface area (Å²) < 4.78 is 37.0. The quantitative estimate of drug-likeness (QED) is 0.653. The minimum atomic E-state index is -4.25. The highest BCUT2D eigenvalue weighted by molar-refractivity contribution is 5.27. The van der Waals surface area contributed by atoms with Crippen molar-refractivity contribution in [3.05, 3.63) is 47.5 Å². The standard InChI is InChI=1S/C13H15F3/c1-9(2)8-10(3)11-4-6-12(7-5-11)13(14,15)16/h4-7,10H,1,8H2,2-3H3. The summed E-state index contributed by atoms with van der Waals surface area (Å²) in [4.78, 5) is 0. The van der Waals surface area contributed by atoms with E-state index >= 15 is 0 Å². The molecule has 0 aliphatic rings. The van der Waals surface area contributed by atoms with Crippen LogP contribution in [0.5, 0.6) is 0 Å². The molecule has 0 heterocycles. The third-order valence-corrected chi connectivity index (χ3v) is 2.46. The minimum absolute atomic E-state index is 0.208. The number of hydrogen-bond acceptors (Lipinski definition) is 0. The monoisotopic (exact) mass is 228 g/mol. The normalized spacial score (nSPS) is 13.6. The zero-order valence-corrected chi connectivity index (χ0v) is 9.43. The van der Waals surface area contributed by atoms with Crippen LogP contribution in [-0.4, -0.2) is 0 Å². The Labute approximate surface area is 93.8 Å². The van der Waals surface area contributed by atoms with Gasteiger partial charge in [-0.3, -0.25) is 0 Å². The summed E-state index contributed by atoms with van der Waals surface area (Å²) in [7, 11) is 0. The Balaban J connectivity index is 2.83. The van der Waals surface area contributed by atoms with Gasteiger partial charge in [0.2, 0.25) is 0 Å². The van der Waals surface area contributed by atoms with Gasteiger partial charge in [-0.2, -0.15) is 13.2 Å². The maximum atomic E-state index is 12.3. The molecule has 88 valence electrons. The largest absolute Gasteiger partial charge is 0.416 e. The zero-order valence-electron chi connectivity index (χ0n) is 9.43. The van der Waals surface area contributed by atoms with Gasteiger partial charge in [-0.25, -0.2) is 0 Å². The van der Waals surface area contributed by atoms with E-state index in [0.717, 1.165) is 29.7 Å². The summed E-state index contributed by atoms with van der Waals surface area (Å²) in [5.74, 6) is 0.208. The smallest absolute Gasteiger partial charge is 0.166 e. The lowest BCUT2D eigenvalue weighted by atomic mass is 9.94. The van der Waals surface area contributed by atoms with Gasteiger partial charge in [0.25, 0.3) is 0 Å². The highest BCUT2D eigenvalue weighted by Crippen LogP contribution is 2.31. The molecule has 0 bridgehead atoms. The van der Waals surface area contributed by atoms with Crippen LogP contribution in [-0.2, 0) is 6.18 Å². The van der Waals surface area contributed by atoms with Gasteiger partial charge >= 0.3 is 6.18 Å². The summed E-state index contributed by atoms with van der Waals surface area (Å²) >= 11 is 0. The zero-order chi connectivity index (χ0) is 12.3. The Kier molecular flexibility index (Phi) is 3.79. The van der Waals surface area contributed by atoms with Gasteiger partial charge in [-0.15, -0.1) is 6.58 Å². The van der Waals surface area contributed by atoms with Crippen LogP contribution >= 0.6 is 0 Å². The highest BCUT2D eigenvalue weighted by Gasteiger charge is 2.30. The molecule has 0 spiro atoms. The molecule has 0 saturated heterocycles. The van der Waals surface area contributed by atoms with E-state index in [-0.39, 0.29) is 5.92 Å². The molecule has 16 heavy (non-hydrogen) atoms. The van der Waals surface area contributed by atoms with Crippen LogP contribution in [0.2, 0.25) is 0 Å². The molecule has 0 aliphatic heterocycles. The number of hydrogen-bond donors (Lipinski definition) is 0. The molecule has 0 N–H and O–H groups in total. The van der Waals surface area contributed by atoms with Crippen LogP contribution in [0.25, 0.3) is 0 Å². The van der Waals surface area contributed by atoms with Gasteiger partial charge in [0.05, 0.1) is 5.56 Å². The molecular formula is C13H15F3. The van der Waals surface area contributed by atoms with E-state index in [4.69, 9.17) is 0 Å². The first-order chi connectivity index (χ1) is 7.30. The molecule has 0 nitrogen and oxygen atoms in total. The number of halogens is 3. The first-order valence-electron chi connectivity index (χ1n) is 5.12. The molecule has 0 fully saturated rings. The Bertz CT molecular complexity index is 360. The van der Waals surface area contributed by atoms with E-state index in [1.54, 1.807) is 0 Å². The molecule has 1 rings (SSSR count). The van der Waals surface area contributed by atoms with Crippen LogP contribution in [0.15, 0.2) is 36.4 Å². The highest BCUT2D eigenvalue weighted by atomic mass is 19.4. The second kappa shape index (κ2) is 4.73. The van der Waals surface area contributed by atoms with Crippen molar-refractivity contribution >= 4 is 0 Å². The molecular weight excluding hydrogens is 213 g/mol. The molecule has 1 unspecified atom stereocenters. The van der Waals surface area contributed by atoms with Crippen molar-refractivity contribution in [1.29, 1.82) is 0 Å². The summed E-state index contributed by atoms with van der Waals surface area (Å²) in [5, 5.41) is 0. The van der Waals surface area contributed by atoms with Gasteiger partial charge in [0.15, 0.2) is 0 Å². The molecule has 1 atom stereocenters. The van der Waals surface area contributed by atoms with E-state index in [2.05, 4.69) is 6.58 Å². The van der Waals surface area contributed by atoms with Crippen molar-refractivity contribution in [3.63, 3.8) is 0 Å². The molecule has 1 aromatic carbocycles. The van der Waals surface area contributed by atoms with E-state index in [9.17, 15) is 13.2 Å². The van der Waals surface area contributed by atoms with Crippen LogP contribution in [0.1, 0.15) is 37.3 Å². The fraction of sp³-hybridized carbons (Fsp3) is 0.385. The molecule has 1 aromatic rings. The SMILES string of the molecule is C=C(C)CC(C)c1ccc(C(F)(F)F)cc1. The second-order valence-electron chi connectivity index (χ2n) is 4.18. The predicted molar refractivity (Wildman–Crippen MR) is 59.3 cm³/mol. The maximum Gasteiger partial charge on any atom is 0.416 e. The van der Waals surface area contributed by atoms with E-state index in [1.165, 1.54) is 12.1 Å². The topological polar surface area (TPSA) is 0 Å². The average molecular weight is 228 g/mol. The lowest BCUT2D eigenvalue weighted by molar-refractivity contribution is -0.137. The fourth-order valence-electron chi connectivity index (χ4n) is 1.64. The Morgan fingerprint density at radius 3 is 2.12 bits per heavy atom. The van der Waals surface area contributed by atoms with Gasteiger partial charge in [0, 0.05) is 0 Å². The van der Waals surface area contributed by atoms with Gasteiger partial charge < -0.3 is 0 Å². The molecule has 3 heteroatoms. The first-order valence-corrected chi connectivity index (χ1v) is 5.12. The lowest BCUT2D eigenvalue weighted by Crippen LogP contribution is -2.05. The Morgan fingerprint density at radius 2 is 1.75 bits per heavy atom. The first kappa shape index (κ1) is 12.8. The van der Waals surface area contributed by atoms with Crippen molar-refractivity contribution in [2.45, 2.75) is 32.4 Å². The van der Waals surface area contributed by atoms with Crippen LogP contribution in [0.3, 0.4) is 0 Å². The van der Waals surface area contributed by atoms with E-state index in [0.29, 0.717) is 0 Å². The third kappa shape index (κ3) is 3.40. The maximum absolute atomic E-state index is 12.3. The summed E-state index contributed by atoms with van der Waals surface area (Å²) in [5.41, 5.74) is 1.35. The lowest BCUT2D eigenvalue weighted by Gasteiger charge is -2.13. The van der Waals surface area contributed by atoms with Crippen LogP contribution in [0, 0.1) is 0 Å². The predicted octanol–water partition coefficient (Wildman–Crippen LogP) is 4.78. The number of allylic oxidation sites excluding steroid dienone is 1. The van der Waals surface area contributed by atoms with Gasteiger partial charge in [-0.05, 0) is 37.0 Å². The Morgan fingerprint density at radius 1 is 1.25 bits per heavy atom. The molecule has 0 aliphatic carbocycles. The summed E-state index contributed by atoms with van der Waals surface area (Å²) in [6.07, 6.45) is -3.46. The second-order valence-corrected chi connectivity index (χ2v) is 4.18. The summed E-state index contributed by atoms with van der Waals surface area (Å²) in [6.45, 7) is 7.70. The van der Waals surface area contributed by atoms with Gasteiger partial charge in [-0.1, -0.05) is 24.6 Å². The van der Waals surface area contributed by atoms with Crippen molar-refractivity contribution < 1.29 is 13.2 Å².